The summed E-state index contributed by atoms with van der Waals surface area (Å²) >= 11 is 3.21. The number of hydrogen-bond donors (Lipinski definition) is 1. The van der Waals surface area contributed by atoms with Gasteiger partial charge >= 0.3 is 5.97 Å². The summed E-state index contributed by atoms with van der Waals surface area (Å²) in [6, 6.07) is 3.87. The Morgan fingerprint density at radius 2 is 2.10 bits per heavy atom. The van der Waals surface area contributed by atoms with Crippen LogP contribution in [-0.4, -0.2) is 21.0 Å². The minimum absolute atomic E-state index is 0.0157. The molecule has 5 nitrogen and oxygen atoms in total. The first-order chi connectivity index (χ1) is 9.88. The lowest BCUT2D eigenvalue weighted by molar-refractivity contribution is 0.0686. The Kier molecular flexibility index (Phi) is 4.52. The van der Waals surface area contributed by atoms with Crippen molar-refractivity contribution in [3.63, 3.8) is 0 Å². The Bertz CT molecular complexity index is 692. The second-order valence-electron chi connectivity index (χ2n) is 4.58. The topological polar surface area (TPSA) is 72.3 Å². The third-order valence-corrected chi connectivity index (χ3v) is 3.26. The minimum atomic E-state index is -1.23. The molecule has 1 N–H and O–H groups in total. The Morgan fingerprint density at radius 3 is 2.71 bits per heavy atom. The maximum absolute atomic E-state index is 13.2. The number of nitrogens with zero attached hydrogens (tertiary/aromatic N) is 2. The summed E-state index contributed by atoms with van der Waals surface area (Å²) in [5.41, 5.74) is -0.259. The Balaban J connectivity index is 2.44. The van der Waals surface area contributed by atoms with Crippen molar-refractivity contribution in [2.24, 2.45) is 0 Å². The number of aromatic nitrogens is 2. The van der Waals surface area contributed by atoms with Gasteiger partial charge in [-0.25, -0.2) is 19.2 Å². The highest BCUT2D eigenvalue weighted by molar-refractivity contribution is 9.10. The van der Waals surface area contributed by atoms with Gasteiger partial charge < -0.3 is 9.84 Å². The molecule has 0 amide bonds. The number of carboxylic acids is 1. The number of aromatic carboxylic acids is 1. The number of halogens is 2. The zero-order valence-corrected chi connectivity index (χ0v) is 12.9. The monoisotopic (exact) mass is 354 g/mol. The lowest BCUT2D eigenvalue weighted by Crippen LogP contribution is -2.08. The van der Waals surface area contributed by atoms with Crippen LogP contribution in [0.25, 0.3) is 0 Å². The van der Waals surface area contributed by atoms with Gasteiger partial charge in [0.15, 0.2) is 11.4 Å². The smallest absolute Gasteiger partial charge is 0.358 e. The Morgan fingerprint density at radius 1 is 1.38 bits per heavy atom. The van der Waals surface area contributed by atoms with Gasteiger partial charge in [-0.2, -0.15) is 0 Å². The molecule has 2 rings (SSSR count). The van der Waals surface area contributed by atoms with E-state index < -0.39 is 11.8 Å². The third-order valence-electron chi connectivity index (χ3n) is 2.61. The van der Waals surface area contributed by atoms with Crippen LogP contribution in [0.3, 0.4) is 0 Å². The first kappa shape index (κ1) is 15.4. The summed E-state index contributed by atoms with van der Waals surface area (Å²) in [6.07, 6.45) is 1.28. The fourth-order valence-corrected chi connectivity index (χ4v) is 1.89. The van der Waals surface area contributed by atoms with Crippen molar-refractivity contribution in [3.05, 3.63) is 46.2 Å². The zero-order chi connectivity index (χ0) is 15.6. The molecule has 0 radical (unpaired) electrons. The Labute approximate surface area is 128 Å². The molecule has 1 aromatic carbocycles. The van der Waals surface area contributed by atoms with E-state index in [1.54, 1.807) is 0 Å². The Hall–Kier alpha value is -2.02. The molecule has 0 bridgehead atoms. The molecule has 0 spiro atoms. The SMILES string of the molecule is CC(C)c1ncc(Oc2cc(F)ccc2Br)c(C(=O)O)n1. The van der Waals surface area contributed by atoms with Crippen LogP contribution >= 0.6 is 15.9 Å². The summed E-state index contributed by atoms with van der Waals surface area (Å²) < 4.78 is 19.1. The number of ether oxygens (including phenoxy) is 1. The van der Waals surface area contributed by atoms with E-state index >= 15 is 0 Å². The molecule has 0 aliphatic carbocycles. The van der Waals surface area contributed by atoms with Gasteiger partial charge in [0, 0.05) is 12.0 Å². The van der Waals surface area contributed by atoms with Crippen LogP contribution in [0.2, 0.25) is 0 Å². The number of rotatable bonds is 4. The van der Waals surface area contributed by atoms with Gasteiger partial charge in [0.05, 0.1) is 10.7 Å². The highest BCUT2D eigenvalue weighted by atomic mass is 79.9. The largest absolute Gasteiger partial charge is 0.476 e. The maximum Gasteiger partial charge on any atom is 0.358 e. The normalized spacial score (nSPS) is 10.7. The van der Waals surface area contributed by atoms with Crippen LogP contribution in [0.1, 0.15) is 36.1 Å². The first-order valence-corrected chi connectivity index (χ1v) is 6.91. The molecular formula is C14H12BrFN2O3. The number of carboxylic acid groups (broad SMARTS) is 1. The molecule has 1 aromatic heterocycles. The van der Waals surface area contributed by atoms with Crippen LogP contribution in [0.4, 0.5) is 4.39 Å². The lowest BCUT2D eigenvalue weighted by Gasteiger charge is -2.11. The summed E-state index contributed by atoms with van der Waals surface area (Å²) in [6.45, 7) is 3.70. The number of benzene rings is 1. The van der Waals surface area contributed by atoms with E-state index in [-0.39, 0.29) is 23.1 Å². The maximum atomic E-state index is 13.2. The van der Waals surface area contributed by atoms with E-state index in [0.29, 0.717) is 10.3 Å². The van der Waals surface area contributed by atoms with Crippen molar-refractivity contribution in [2.75, 3.05) is 0 Å². The van der Waals surface area contributed by atoms with Gasteiger partial charge in [-0.3, -0.25) is 0 Å². The summed E-state index contributed by atoms with van der Waals surface area (Å²) in [5, 5.41) is 9.22. The van der Waals surface area contributed by atoms with Gasteiger partial charge in [0.25, 0.3) is 0 Å². The number of carbonyl (C=O) groups is 1. The van der Waals surface area contributed by atoms with Crippen molar-refractivity contribution >= 4 is 21.9 Å². The average Bonchev–Trinajstić information content (AvgIpc) is 2.42. The molecule has 0 atom stereocenters. The highest BCUT2D eigenvalue weighted by Gasteiger charge is 2.18. The van der Waals surface area contributed by atoms with Gasteiger partial charge in [-0.1, -0.05) is 13.8 Å². The van der Waals surface area contributed by atoms with Crippen molar-refractivity contribution < 1.29 is 19.0 Å². The molecule has 0 aliphatic rings. The van der Waals surface area contributed by atoms with E-state index in [2.05, 4.69) is 25.9 Å². The van der Waals surface area contributed by atoms with Gasteiger partial charge in [0.1, 0.15) is 17.4 Å². The van der Waals surface area contributed by atoms with Crippen LogP contribution in [0, 0.1) is 5.82 Å². The van der Waals surface area contributed by atoms with Gasteiger partial charge in [-0.05, 0) is 28.1 Å². The first-order valence-electron chi connectivity index (χ1n) is 6.11. The van der Waals surface area contributed by atoms with Crippen LogP contribution in [0.15, 0.2) is 28.9 Å². The molecule has 0 fully saturated rings. The molecule has 21 heavy (non-hydrogen) atoms. The lowest BCUT2D eigenvalue weighted by atomic mass is 10.2. The second kappa shape index (κ2) is 6.17. The van der Waals surface area contributed by atoms with Crippen LogP contribution in [0.5, 0.6) is 11.5 Å². The van der Waals surface area contributed by atoms with Gasteiger partial charge in [-0.15, -0.1) is 0 Å². The van der Waals surface area contributed by atoms with E-state index in [4.69, 9.17) is 4.74 Å². The number of hydrogen-bond acceptors (Lipinski definition) is 4. The van der Waals surface area contributed by atoms with Crippen molar-refractivity contribution in [1.29, 1.82) is 0 Å². The molecule has 1 heterocycles. The van der Waals surface area contributed by atoms with E-state index in [1.807, 2.05) is 13.8 Å². The molecule has 110 valence electrons. The van der Waals surface area contributed by atoms with E-state index in [9.17, 15) is 14.3 Å². The molecule has 0 saturated carbocycles. The van der Waals surface area contributed by atoms with Crippen LogP contribution in [-0.2, 0) is 0 Å². The fraction of sp³-hybridized carbons (Fsp3) is 0.214. The van der Waals surface area contributed by atoms with Crippen molar-refractivity contribution in [1.82, 2.24) is 9.97 Å². The average molecular weight is 355 g/mol. The molecular weight excluding hydrogens is 343 g/mol. The predicted molar refractivity (Wildman–Crippen MR) is 77.3 cm³/mol. The third kappa shape index (κ3) is 3.55. The predicted octanol–water partition coefficient (Wildman–Crippen LogP) is 3.99. The van der Waals surface area contributed by atoms with Crippen molar-refractivity contribution in [3.8, 4) is 11.5 Å². The van der Waals surface area contributed by atoms with E-state index in [1.165, 1.54) is 18.3 Å². The molecule has 7 heteroatoms. The standard InChI is InChI=1S/C14H12BrFN2O3/c1-7(2)13-17-6-11(12(18-13)14(19)20)21-10-5-8(16)3-4-9(10)15/h3-7H,1-2H3,(H,19,20). The van der Waals surface area contributed by atoms with Crippen LogP contribution < -0.4 is 4.74 Å². The van der Waals surface area contributed by atoms with Crippen molar-refractivity contribution in [2.45, 2.75) is 19.8 Å². The molecule has 0 aliphatic heterocycles. The highest BCUT2D eigenvalue weighted by Crippen LogP contribution is 2.31. The summed E-state index contributed by atoms with van der Waals surface area (Å²) in [5.74, 6) is -1.24. The molecule has 2 aromatic rings. The fourth-order valence-electron chi connectivity index (χ4n) is 1.56. The summed E-state index contributed by atoms with van der Waals surface area (Å²) in [7, 11) is 0. The molecule has 0 saturated heterocycles. The second-order valence-corrected chi connectivity index (χ2v) is 5.43. The van der Waals surface area contributed by atoms with E-state index in [0.717, 1.165) is 6.07 Å². The minimum Gasteiger partial charge on any atom is -0.476 e. The quantitative estimate of drug-likeness (QED) is 0.898. The van der Waals surface area contributed by atoms with Gasteiger partial charge in [0.2, 0.25) is 0 Å². The molecule has 0 unspecified atom stereocenters. The zero-order valence-electron chi connectivity index (χ0n) is 11.3. The summed E-state index contributed by atoms with van der Waals surface area (Å²) in [4.78, 5) is 19.3.